The molecule has 0 spiro atoms. The van der Waals surface area contributed by atoms with Gasteiger partial charge in [-0.1, -0.05) is 6.92 Å². The van der Waals surface area contributed by atoms with Gasteiger partial charge in [0.15, 0.2) is 5.82 Å². The van der Waals surface area contributed by atoms with Crippen LogP contribution < -0.4 is 5.32 Å². The number of rotatable bonds is 6. The Hall–Kier alpha value is -3.88. The molecule has 1 aliphatic carbocycles. The molecule has 0 saturated heterocycles. The van der Waals surface area contributed by atoms with Gasteiger partial charge in [-0.2, -0.15) is 5.10 Å². The maximum atomic E-state index is 13.2. The molecule has 4 aromatic rings. The largest absolute Gasteiger partial charge is 0.322 e. The van der Waals surface area contributed by atoms with Gasteiger partial charge in [-0.05, 0) is 78.2 Å². The van der Waals surface area contributed by atoms with Crippen LogP contribution in [-0.2, 0) is 6.42 Å². The maximum absolute atomic E-state index is 13.2. The van der Waals surface area contributed by atoms with Crippen molar-refractivity contribution in [2.75, 3.05) is 5.32 Å². The number of tetrazole rings is 1. The lowest BCUT2D eigenvalue weighted by Gasteiger charge is -2.09. The van der Waals surface area contributed by atoms with Crippen LogP contribution in [0.4, 0.5) is 10.1 Å². The predicted molar refractivity (Wildman–Crippen MR) is 112 cm³/mol. The summed E-state index contributed by atoms with van der Waals surface area (Å²) < 4.78 is 16.8. The molecule has 2 heterocycles. The molecule has 0 unspecified atom stereocenters. The minimum atomic E-state index is -0.318. The first-order valence-corrected chi connectivity index (χ1v) is 10.2. The summed E-state index contributed by atoms with van der Waals surface area (Å²) in [6, 6.07) is 13.8. The fourth-order valence-electron chi connectivity index (χ4n) is 3.56. The van der Waals surface area contributed by atoms with E-state index in [9.17, 15) is 9.18 Å². The van der Waals surface area contributed by atoms with E-state index in [-0.39, 0.29) is 11.7 Å². The number of halogens is 1. The summed E-state index contributed by atoms with van der Waals surface area (Å²) in [5.41, 5.74) is 3.50. The van der Waals surface area contributed by atoms with Gasteiger partial charge in [0.1, 0.15) is 5.82 Å². The van der Waals surface area contributed by atoms with Crippen molar-refractivity contribution in [1.29, 1.82) is 0 Å². The van der Waals surface area contributed by atoms with Gasteiger partial charge in [-0.15, -0.1) is 5.10 Å². The van der Waals surface area contributed by atoms with Crippen molar-refractivity contribution in [2.45, 2.75) is 32.2 Å². The Morgan fingerprint density at radius 1 is 1.13 bits per heavy atom. The Morgan fingerprint density at radius 2 is 1.87 bits per heavy atom. The normalized spacial score (nSPS) is 13.4. The van der Waals surface area contributed by atoms with E-state index >= 15 is 0 Å². The summed E-state index contributed by atoms with van der Waals surface area (Å²) in [6.45, 7) is 1.95. The van der Waals surface area contributed by atoms with Crippen LogP contribution in [0.1, 0.15) is 41.9 Å². The van der Waals surface area contributed by atoms with Crippen molar-refractivity contribution in [3.63, 3.8) is 0 Å². The van der Waals surface area contributed by atoms with Crippen LogP contribution >= 0.6 is 0 Å². The Bertz CT molecular complexity index is 1220. The summed E-state index contributed by atoms with van der Waals surface area (Å²) in [6.07, 6.45) is 4.33. The van der Waals surface area contributed by atoms with Gasteiger partial charge in [-0.3, -0.25) is 4.79 Å². The molecule has 5 rings (SSSR count). The third kappa shape index (κ3) is 3.70. The molecule has 8 nitrogen and oxygen atoms in total. The summed E-state index contributed by atoms with van der Waals surface area (Å²) in [4.78, 5) is 12.9. The van der Waals surface area contributed by atoms with Crippen molar-refractivity contribution in [3.8, 4) is 17.1 Å². The summed E-state index contributed by atoms with van der Waals surface area (Å²) >= 11 is 0. The van der Waals surface area contributed by atoms with E-state index in [1.54, 1.807) is 16.8 Å². The summed E-state index contributed by atoms with van der Waals surface area (Å²) in [5, 5.41) is 19.2. The van der Waals surface area contributed by atoms with Crippen molar-refractivity contribution in [2.24, 2.45) is 0 Å². The highest BCUT2D eigenvalue weighted by atomic mass is 19.1. The SMILES string of the molecule is CCc1c(C(=O)Nc2ccc(-c3nnnn3C3CC3)cc2)cnn1-c1ccc(F)cc1. The number of nitrogens with zero attached hydrogens (tertiary/aromatic N) is 6. The number of carbonyl (C=O) groups is 1. The number of amides is 1. The molecule has 0 radical (unpaired) electrons. The molecule has 2 aromatic heterocycles. The van der Waals surface area contributed by atoms with Gasteiger partial charge in [0.05, 0.1) is 29.2 Å². The first kappa shape index (κ1) is 19.1. The first-order valence-electron chi connectivity index (χ1n) is 10.2. The Labute approximate surface area is 177 Å². The van der Waals surface area contributed by atoms with Crippen LogP contribution in [-0.4, -0.2) is 35.9 Å². The number of hydrogen-bond donors (Lipinski definition) is 1. The molecule has 1 fully saturated rings. The van der Waals surface area contributed by atoms with Crippen molar-refractivity contribution < 1.29 is 9.18 Å². The molecule has 2 aromatic carbocycles. The predicted octanol–water partition coefficient (Wildman–Crippen LogP) is 3.81. The van der Waals surface area contributed by atoms with Gasteiger partial charge in [0.2, 0.25) is 0 Å². The second kappa shape index (κ2) is 7.75. The highest BCUT2D eigenvalue weighted by molar-refractivity contribution is 6.05. The van der Waals surface area contributed by atoms with Gasteiger partial charge >= 0.3 is 0 Å². The molecule has 156 valence electrons. The van der Waals surface area contributed by atoms with E-state index in [0.29, 0.717) is 29.4 Å². The lowest BCUT2D eigenvalue weighted by Crippen LogP contribution is -2.14. The number of carbonyl (C=O) groups excluding carboxylic acids is 1. The van der Waals surface area contributed by atoms with E-state index in [1.165, 1.54) is 18.3 Å². The second-order valence-corrected chi connectivity index (χ2v) is 7.46. The quantitative estimate of drug-likeness (QED) is 0.515. The molecular formula is C22H20FN7O. The lowest BCUT2D eigenvalue weighted by atomic mass is 10.1. The van der Waals surface area contributed by atoms with Gasteiger partial charge in [0.25, 0.3) is 5.91 Å². The number of nitrogens with one attached hydrogen (secondary N) is 1. The van der Waals surface area contributed by atoms with Crippen LogP contribution in [0.25, 0.3) is 17.1 Å². The zero-order chi connectivity index (χ0) is 21.4. The molecule has 9 heteroatoms. The number of aromatic nitrogens is 6. The van der Waals surface area contributed by atoms with Crippen molar-refractivity contribution in [1.82, 2.24) is 30.0 Å². The van der Waals surface area contributed by atoms with E-state index < -0.39 is 0 Å². The topological polar surface area (TPSA) is 90.5 Å². The molecular weight excluding hydrogens is 397 g/mol. The number of hydrogen-bond acceptors (Lipinski definition) is 5. The third-order valence-corrected chi connectivity index (χ3v) is 5.31. The van der Waals surface area contributed by atoms with E-state index in [1.807, 2.05) is 35.9 Å². The Morgan fingerprint density at radius 3 is 2.55 bits per heavy atom. The Balaban J connectivity index is 1.35. The fraction of sp³-hybridized carbons (Fsp3) is 0.227. The zero-order valence-electron chi connectivity index (χ0n) is 16.9. The summed E-state index contributed by atoms with van der Waals surface area (Å²) in [7, 11) is 0. The zero-order valence-corrected chi connectivity index (χ0v) is 16.9. The standard InChI is InChI=1S/C22H20FN7O/c1-2-20-19(13-24-29(20)17-9-5-15(23)6-10-17)22(31)25-16-7-3-14(4-8-16)21-26-27-28-30(21)18-11-12-18/h3-10,13,18H,2,11-12H2,1H3,(H,25,31). The molecule has 0 bridgehead atoms. The molecule has 0 aliphatic heterocycles. The average Bonchev–Trinajstić information content (AvgIpc) is 3.34. The van der Waals surface area contributed by atoms with Crippen LogP contribution in [0.2, 0.25) is 0 Å². The minimum absolute atomic E-state index is 0.249. The third-order valence-electron chi connectivity index (χ3n) is 5.31. The van der Waals surface area contributed by atoms with Crippen molar-refractivity contribution in [3.05, 3.63) is 71.8 Å². The molecule has 1 N–H and O–H groups in total. The highest BCUT2D eigenvalue weighted by Crippen LogP contribution is 2.36. The van der Waals surface area contributed by atoms with E-state index in [4.69, 9.17) is 0 Å². The number of benzene rings is 2. The number of anilines is 1. The van der Waals surface area contributed by atoms with E-state index in [2.05, 4.69) is 25.9 Å². The van der Waals surface area contributed by atoms with Crippen molar-refractivity contribution >= 4 is 11.6 Å². The Kier molecular flexibility index (Phi) is 4.78. The van der Waals surface area contributed by atoms with Crippen LogP contribution in [0.5, 0.6) is 0 Å². The van der Waals surface area contributed by atoms with Gasteiger partial charge in [0, 0.05) is 11.3 Å². The second-order valence-electron chi connectivity index (χ2n) is 7.46. The van der Waals surface area contributed by atoms with Crippen LogP contribution in [0.3, 0.4) is 0 Å². The van der Waals surface area contributed by atoms with E-state index in [0.717, 1.165) is 29.9 Å². The molecule has 0 atom stereocenters. The fourth-order valence-corrected chi connectivity index (χ4v) is 3.56. The maximum Gasteiger partial charge on any atom is 0.259 e. The molecule has 1 saturated carbocycles. The average molecular weight is 417 g/mol. The summed E-state index contributed by atoms with van der Waals surface area (Å²) in [5.74, 6) is 0.163. The first-order chi connectivity index (χ1) is 15.1. The van der Waals surface area contributed by atoms with Gasteiger partial charge in [-0.25, -0.2) is 13.8 Å². The van der Waals surface area contributed by atoms with Crippen LogP contribution in [0.15, 0.2) is 54.7 Å². The highest BCUT2D eigenvalue weighted by Gasteiger charge is 2.28. The molecule has 31 heavy (non-hydrogen) atoms. The minimum Gasteiger partial charge on any atom is -0.322 e. The van der Waals surface area contributed by atoms with Gasteiger partial charge < -0.3 is 5.32 Å². The molecule has 1 amide bonds. The molecule has 1 aliphatic rings. The van der Waals surface area contributed by atoms with Crippen LogP contribution in [0, 0.1) is 5.82 Å². The smallest absolute Gasteiger partial charge is 0.259 e. The monoisotopic (exact) mass is 417 g/mol. The lowest BCUT2D eigenvalue weighted by molar-refractivity contribution is 0.102.